The van der Waals surface area contributed by atoms with E-state index in [1.165, 1.54) is 24.9 Å². The van der Waals surface area contributed by atoms with E-state index in [2.05, 4.69) is 48.3 Å². The third kappa shape index (κ3) is 7.82. The highest BCUT2D eigenvalue weighted by Gasteiger charge is 2.01. The Bertz CT molecular complexity index is 464. The molecule has 1 N–H and O–H groups in total. The molecule has 1 aromatic rings. The predicted molar refractivity (Wildman–Crippen MR) is 99.1 cm³/mol. The van der Waals surface area contributed by atoms with E-state index in [9.17, 15) is 4.79 Å². The molecule has 1 rings (SSSR count). The van der Waals surface area contributed by atoms with Gasteiger partial charge in [0.15, 0.2) is 0 Å². The number of amides is 1. The molecule has 4 heteroatoms. The van der Waals surface area contributed by atoms with Gasteiger partial charge < -0.3 is 4.90 Å². The third-order valence-electron chi connectivity index (χ3n) is 3.93. The smallest absolute Gasteiger partial charge is 0.240 e. The van der Waals surface area contributed by atoms with E-state index in [-0.39, 0.29) is 5.91 Å². The lowest BCUT2D eigenvalue weighted by molar-refractivity contribution is -0.121. The van der Waals surface area contributed by atoms with Gasteiger partial charge in [-0.05, 0) is 38.0 Å². The molecule has 0 unspecified atom stereocenters. The van der Waals surface area contributed by atoms with Crippen molar-refractivity contribution in [3.8, 4) is 0 Å². The molecular formula is C19H31N3O. The molecule has 0 aliphatic heterocycles. The molecule has 1 amide bonds. The van der Waals surface area contributed by atoms with Crippen LogP contribution in [-0.2, 0) is 4.79 Å². The Hall–Kier alpha value is -1.84. The Morgan fingerprint density at radius 3 is 2.30 bits per heavy atom. The molecule has 0 aliphatic carbocycles. The van der Waals surface area contributed by atoms with Crippen LogP contribution in [0.5, 0.6) is 0 Å². The fourth-order valence-corrected chi connectivity index (χ4v) is 2.48. The summed E-state index contributed by atoms with van der Waals surface area (Å²) in [6.07, 6.45) is 8.01. The highest BCUT2D eigenvalue weighted by atomic mass is 16.2. The minimum absolute atomic E-state index is 0.00231. The van der Waals surface area contributed by atoms with Crippen molar-refractivity contribution in [2.45, 2.75) is 59.3 Å². The maximum atomic E-state index is 11.7. The molecule has 0 saturated carbocycles. The predicted octanol–water partition coefficient (Wildman–Crippen LogP) is 4.34. The highest BCUT2D eigenvalue weighted by molar-refractivity contribution is 5.82. The molecule has 1 aromatic carbocycles. The first-order valence-corrected chi connectivity index (χ1v) is 8.88. The SMILES string of the molecule is CCCCCCCC(=O)N/N=C/c1ccc(N(CC)CC)cc1. The van der Waals surface area contributed by atoms with Gasteiger partial charge in [0, 0.05) is 25.2 Å². The van der Waals surface area contributed by atoms with Crippen molar-refractivity contribution in [3.05, 3.63) is 29.8 Å². The van der Waals surface area contributed by atoms with Crippen molar-refractivity contribution in [2.24, 2.45) is 5.10 Å². The number of carbonyl (C=O) groups excluding carboxylic acids is 1. The summed E-state index contributed by atoms with van der Waals surface area (Å²) in [7, 11) is 0. The largest absolute Gasteiger partial charge is 0.372 e. The minimum atomic E-state index is -0.00231. The van der Waals surface area contributed by atoms with Crippen LogP contribution in [0.4, 0.5) is 5.69 Å². The summed E-state index contributed by atoms with van der Waals surface area (Å²) in [6.45, 7) is 8.49. The summed E-state index contributed by atoms with van der Waals surface area (Å²) < 4.78 is 0. The van der Waals surface area contributed by atoms with E-state index in [4.69, 9.17) is 0 Å². The molecule has 23 heavy (non-hydrogen) atoms. The van der Waals surface area contributed by atoms with Gasteiger partial charge in [-0.3, -0.25) is 4.79 Å². The van der Waals surface area contributed by atoms with Crippen molar-refractivity contribution in [3.63, 3.8) is 0 Å². The second-order valence-corrected chi connectivity index (χ2v) is 5.72. The standard InChI is InChI=1S/C19H31N3O/c1-4-7-8-9-10-11-19(23)21-20-16-17-12-14-18(15-13-17)22(5-2)6-3/h12-16H,4-11H2,1-3H3,(H,21,23)/b20-16+. The lowest BCUT2D eigenvalue weighted by Crippen LogP contribution is -2.21. The van der Waals surface area contributed by atoms with E-state index in [0.717, 1.165) is 31.5 Å². The van der Waals surface area contributed by atoms with Gasteiger partial charge in [0.05, 0.1) is 6.21 Å². The van der Waals surface area contributed by atoms with Crippen molar-refractivity contribution >= 4 is 17.8 Å². The minimum Gasteiger partial charge on any atom is -0.372 e. The Morgan fingerprint density at radius 2 is 1.70 bits per heavy atom. The molecule has 4 nitrogen and oxygen atoms in total. The fraction of sp³-hybridized carbons (Fsp3) is 0.579. The first-order chi connectivity index (χ1) is 11.2. The van der Waals surface area contributed by atoms with Crippen LogP contribution in [0.1, 0.15) is 64.9 Å². The first-order valence-electron chi connectivity index (χ1n) is 8.88. The fourth-order valence-electron chi connectivity index (χ4n) is 2.48. The maximum absolute atomic E-state index is 11.7. The number of hydrogen-bond donors (Lipinski definition) is 1. The van der Waals surface area contributed by atoms with Gasteiger partial charge in [-0.1, -0.05) is 44.7 Å². The van der Waals surface area contributed by atoms with Crippen LogP contribution in [0.15, 0.2) is 29.4 Å². The van der Waals surface area contributed by atoms with Crippen LogP contribution >= 0.6 is 0 Å². The third-order valence-corrected chi connectivity index (χ3v) is 3.93. The van der Waals surface area contributed by atoms with Crippen LogP contribution < -0.4 is 10.3 Å². The molecule has 128 valence electrons. The highest BCUT2D eigenvalue weighted by Crippen LogP contribution is 2.13. The van der Waals surface area contributed by atoms with Gasteiger partial charge in [-0.15, -0.1) is 0 Å². The summed E-state index contributed by atoms with van der Waals surface area (Å²) in [5, 5.41) is 4.03. The number of rotatable bonds is 11. The summed E-state index contributed by atoms with van der Waals surface area (Å²) in [5.41, 5.74) is 4.80. The molecule has 0 spiro atoms. The maximum Gasteiger partial charge on any atom is 0.240 e. The van der Waals surface area contributed by atoms with Gasteiger partial charge in [0.2, 0.25) is 5.91 Å². The molecule has 0 aromatic heterocycles. The molecule has 0 saturated heterocycles. The zero-order chi connectivity index (χ0) is 16.9. The Kier molecular flexibility index (Phi) is 9.76. The Morgan fingerprint density at radius 1 is 1.04 bits per heavy atom. The van der Waals surface area contributed by atoms with E-state index in [1.54, 1.807) is 6.21 Å². The number of carbonyl (C=O) groups is 1. The lowest BCUT2D eigenvalue weighted by Gasteiger charge is -2.20. The summed E-state index contributed by atoms with van der Waals surface area (Å²) in [5.74, 6) is -0.00231. The van der Waals surface area contributed by atoms with Crippen molar-refractivity contribution in [2.75, 3.05) is 18.0 Å². The zero-order valence-electron chi connectivity index (χ0n) is 14.8. The van der Waals surface area contributed by atoms with Gasteiger partial charge in [0.1, 0.15) is 0 Å². The molecule has 0 radical (unpaired) electrons. The molecule has 0 bridgehead atoms. The number of benzene rings is 1. The lowest BCUT2D eigenvalue weighted by atomic mass is 10.1. The van der Waals surface area contributed by atoms with Crippen molar-refractivity contribution in [1.82, 2.24) is 5.43 Å². The van der Waals surface area contributed by atoms with Crippen molar-refractivity contribution in [1.29, 1.82) is 0 Å². The van der Waals surface area contributed by atoms with Gasteiger partial charge in [-0.2, -0.15) is 5.10 Å². The monoisotopic (exact) mass is 317 g/mol. The number of unbranched alkanes of at least 4 members (excludes halogenated alkanes) is 4. The molecule has 0 aliphatic rings. The molecular weight excluding hydrogens is 286 g/mol. The quantitative estimate of drug-likeness (QED) is 0.375. The van der Waals surface area contributed by atoms with Crippen LogP contribution in [-0.4, -0.2) is 25.2 Å². The van der Waals surface area contributed by atoms with Gasteiger partial charge in [0.25, 0.3) is 0 Å². The summed E-state index contributed by atoms with van der Waals surface area (Å²) in [4.78, 5) is 13.9. The number of anilines is 1. The molecule has 0 fully saturated rings. The zero-order valence-corrected chi connectivity index (χ0v) is 14.8. The van der Waals surface area contributed by atoms with Crippen molar-refractivity contribution < 1.29 is 4.79 Å². The van der Waals surface area contributed by atoms with Crippen LogP contribution in [0.2, 0.25) is 0 Å². The van der Waals surface area contributed by atoms with E-state index < -0.39 is 0 Å². The van der Waals surface area contributed by atoms with Crippen LogP contribution in [0, 0.1) is 0 Å². The average molecular weight is 317 g/mol. The van der Waals surface area contributed by atoms with E-state index in [1.807, 2.05) is 12.1 Å². The second-order valence-electron chi connectivity index (χ2n) is 5.72. The molecule has 0 heterocycles. The number of nitrogens with zero attached hydrogens (tertiary/aromatic N) is 2. The van der Waals surface area contributed by atoms with Crippen LogP contribution in [0.3, 0.4) is 0 Å². The number of nitrogens with one attached hydrogen (secondary N) is 1. The number of hydrogen-bond acceptors (Lipinski definition) is 3. The van der Waals surface area contributed by atoms with Gasteiger partial charge >= 0.3 is 0 Å². The second kappa shape index (κ2) is 11.7. The summed E-state index contributed by atoms with van der Waals surface area (Å²) in [6, 6.07) is 8.22. The van der Waals surface area contributed by atoms with E-state index >= 15 is 0 Å². The van der Waals surface area contributed by atoms with Gasteiger partial charge in [-0.25, -0.2) is 5.43 Å². The average Bonchev–Trinajstić information content (AvgIpc) is 2.57. The van der Waals surface area contributed by atoms with E-state index in [0.29, 0.717) is 6.42 Å². The van der Waals surface area contributed by atoms with Crippen LogP contribution in [0.25, 0.3) is 0 Å². The Labute approximate surface area is 141 Å². The first kappa shape index (κ1) is 19.2. The normalized spacial score (nSPS) is 10.9. The summed E-state index contributed by atoms with van der Waals surface area (Å²) >= 11 is 0. The topological polar surface area (TPSA) is 44.7 Å². The molecule has 0 atom stereocenters. The Balaban J connectivity index is 2.32. The number of hydrazone groups is 1.